The quantitative estimate of drug-likeness (QED) is 0.864. The number of ether oxygens (including phenoxy) is 1. The van der Waals surface area contributed by atoms with E-state index in [0.717, 1.165) is 12.3 Å². The Balaban J connectivity index is 1.78. The molecule has 1 aliphatic rings. The van der Waals surface area contributed by atoms with Gasteiger partial charge in [0.2, 0.25) is 0 Å². The maximum atomic E-state index is 5.67. The van der Waals surface area contributed by atoms with Crippen LogP contribution in [0.1, 0.15) is 39.2 Å². The third-order valence-corrected chi connectivity index (χ3v) is 3.84. The molecule has 3 nitrogen and oxygen atoms in total. The number of piperidine rings is 1. The third kappa shape index (κ3) is 4.80. The number of hydrogen-bond acceptors (Lipinski definition) is 3. The van der Waals surface area contributed by atoms with Crippen LogP contribution in [-0.4, -0.2) is 36.7 Å². The Morgan fingerprint density at radius 2 is 2.05 bits per heavy atom. The lowest BCUT2D eigenvalue weighted by Crippen LogP contribution is -2.45. The van der Waals surface area contributed by atoms with Crippen molar-refractivity contribution in [3.63, 3.8) is 0 Å². The summed E-state index contributed by atoms with van der Waals surface area (Å²) in [6, 6.07) is 9.08. The Hall–Kier alpha value is -1.06. The number of likely N-dealkylation sites (tertiary alicyclic amines) is 1. The van der Waals surface area contributed by atoms with Gasteiger partial charge in [-0.15, -0.1) is 0 Å². The van der Waals surface area contributed by atoms with E-state index in [1.807, 2.05) is 0 Å². The summed E-state index contributed by atoms with van der Waals surface area (Å²) >= 11 is 0. The molecule has 1 aliphatic heterocycles. The molecule has 1 aromatic rings. The molecule has 1 fully saturated rings. The van der Waals surface area contributed by atoms with Crippen LogP contribution in [0.15, 0.2) is 24.3 Å². The molecular weight excluding hydrogens is 248 g/mol. The highest BCUT2D eigenvalue weighted by Crippen LogP contribution is 2.15. The van der Waals surface area contributed by atoms with Crippen molar-refractivity contribution in [3.8, 4) is 5.75 Å². The molecule has 1 unspecified atom stereocenters. The first-order valence-electron chi connectivity index (χ1n) is 7.88. The van der Waals surface area contributed by atoms with Gasteiger partial charge in [-0.1, -0.05) is 19.1 Å². The molecule has 20 heavy (non-hydrogen) atoms. The number of likely N-dealkylation sites (N-methyl/N-ethyl adjacent to an activating group) is 1. The van der Waals surface area contributed by atoms with E-state index in [4.69, 9.17) is 4.74 Å². The van der Waals surface area contributed by atoms with E-state index in [1.165, 1.54) is 38.0 Å². The highest BCUT2D eigenvalue weighted by atomic mass is 16.5. The van der Waals surface area contributed by atoms with Gasteiger partial charge in [0.15, 0.2) is 0 Å². The number of rotatable bonds is 6. The second kappa shape index (κ2) is 7.65. The van der Waals surface area contributed by atoms with Gasteiger partial charge in [0.05, 0.1) is 6.10 Å². The number of hydrogen-bond donors (Lipinski definition) is 1. The first-order chi connectivity index (χ1) is 9.67. The highest BCUT2D eigenvalue weighted by molar-refractivity contribution is 5.27. The van der Waals surface area contributed by atoms with Crippen LogP contribution in [-0.2, 0) is 6.54 Å². The van der Waals surface area contributed by atoms with Crippen LogP contribution >= 0.6 is 0 Å². The number of nitrogens with one attached hydrogen (secondary N) is 1. The molecular formula is C17H28N2O. The zero-order valence-electron chi connectivity index (χ0n) is 13.1. The summed E-state index contributed by atoms with van der Waals surface area (Å²) in [6.07, 6.45) is 2.85. The number of benzene rings is 1. The summed E-state index contributed by atoms with van der Waals surface area (Å²) in [5, 5.41) is 3.68. The average molecular weight is 276 g/mol. The van der Waals surface area contributed by atoms with E-state index in [2.05, 4.69) is 55.3 Å². The van der Waals surface area contributed by atoms with Crippen molar-refractivity contribution in [1.29, 1.82) is 0 Å². The zero-order chi connectivity index (χ0) is 14.4. The monoisotopic (exact) mass is 276 g/mol. The molecule has 0 saturated carbocycles. The maximum absolute atomic E-state index is 5.67. The van der Waals surface area contributed by atoms with E-state index in [-0.39, 0.29) is 6.10 Å². The summed E-state index contributed by atoms with van der Waals surface area (Å²) in [5.74, 6) is 0.957. The minimum absolute atomic E-state index is 0.237. The maximum Gasteiger partial charge on any atom is 0.119 e. The average Bonchev–Trinajstić information content (AvgIpc) is 2.46. The first kappa shape index (κ1) is 15.3. The molecule has 0 amide bonds. The van der Waals surface area contributed by atoms with Crippen molar-refractivity contribution in [2.24, 2.45) is 0 Å². The molecule has 1 aromatic carbocycles. The first-order valence-corrected chi connectivity index (χ1v) is 7.88. The van der Waals surface area contributed by atoms with Gasteiger partial charge in [0.1, 0.15) is 5.75 Å². The van der Waals surface area contributed by atoms with E-state index in [1.54, 1.807) is 0 Å². The van der Waals surface area contributed by atoms with Gasteiger partial charge in [-0.25, -0.2) is 0 Å². The normalized spacial score (nSPS) is 20.3. The zero-order valence-corrected chi connectivity index (χ0v) is 13.1. The fraction of sp³-hybridized carbons (Fsp3) is 0.647. The third-order valence-electron chi connectivity index (χ3n) is 3.84. The van der Waals surface area contributed by atoms with Gasteiger partial charge in [-0.05, 0) is 57.5 Å². The van der Waals surface area contributed by atoms with E-state index in [9.17, 15) is 0 Å². The lowest BCUT2D eigenvalue weighted by molar-refractivity contribution is 0.198. The predicted molar refractivity (Wildman–Crippen MR) is 84.2 cm³/mol. The van der Waals surface area contributed by atoms with Crippen molar-refractivity contribution >= 4 is 0 Å². The van der Waals surface area contributed by atoms with E-state index < -0.39 is 0 Å². The second-order valence-electron chi connectivity index (χ2n) is 5.92. The molecule has 0 bridgehead atoms. The van der Waals surface area contributed by atoms with Crippen molar-refractivity contribution in [1.82, 2.24) is 10.2 Å². The lowest BCUT2D eigenvalue weighted by atomic mass is 10.1. The van der Waals surface area contributed by atoms with E-state index >= 15 is 0 Å². The largest absolute Gasteiger partial charge is 0.491 e. The molecule has 112 valence electrons. The fourth-order valence-electron chi connectivity index (χ4n) is 2.73. The Kier molecular flexibility index (Phi) is 5.86. The van der Waals surface area contributed by atoms with E-state index in [0.29, 0.717) is 6.04 Å². The molecule has 1 atom stereocenters. The highest BCUT2D eigenvalue weighted by Gasteiger charge is 2.17. The summed E-state index contributed by atoms with van der Waals surface area (Å²) in [6.45, 7) is 10.9. The van der Waals surface area contributed by atoms with Crippen molar-refractivity contribution < 1.29 is 4.74 Å². The van der Waals surface area contributed by atoms with Crippen molar-refractivity contribution in [3.05, 3.63) is 29.8 Å². The Morgan fingerprint density at radius 3 is 2.70 bits per heavy atom. The van der Waals surface area contributed by atoms with Gasteiger partial charge >= 0.3 is 0 Å². The molecule has 2 rings (SSSR count). The lowest BCUT2D eigenvalue weighted by Gasteiger charge is -2.32. The Labute approximate surface area is 123 Å². The fourth-order valence-corrected chi connectivity index (χ4v) is 2.73. The summed E-state index contributed by atoms with van der Waals surface area (Å²) in [7, 11) is 0. The van der Waals surface area contributed by atoms with Gasteiger partial charge < -0.3 is 15.0 Å². The molecule has 0 spiro atoms. The van der Waals surface area contributed by atoms with Crippen LogP contribution < -0.4 is 10.1 Å². The van der Waals surface area contributed by atoms with Gasteiger partial charge in [-0.2, -0.15) is 0 Å². The second-order valence-corrected chi connectivity index (χ2v) is 5.92. The Morgan fingerprint density at radius 1 is 1.30 bits per heavy atom. The minimum Gasteiger partial charge on any atom is -0.491 e. The van der Waals surface area contributed by atoms with Crippen molar-refractivity contribution in [2.45, 2.75) is 52.3 Å². The van der Waals surface area contributed by atoms with Crippen LogP contribution in [0.2, 0.25) is 0 Å². The summed E-state index contributed by atoms with van der Waals surface area (Å²) < 4.78 is 5.67. The minimum atomic E-state index is 0.237. The molecule has 3 heteroatoms. The molecule has 1 saturated heterocycles. The SMILES string of the molecule is CCN1CCCC(NCc2ccc(OC(C)C)cc2)C1. The number of nitrogens with zero attached hydrogens (tertiary/aromatic N) is 1. The molecule has 1 heterocycles. The summed E-state index contributed by atoms with van der Waals surface area (Å²) in [5.41, 5.74) is 1.33. The van der Waals surface area contributed by atoms with Crippen LogP contribution in [0.3, 0.4) is 0 Å². The van der Waals surface area contributed by atoms with Gasteiger partial charge in [-0.3, -0.25) is 0 Å². The predicted octanol–water partition coefficient (Wildman–Crippen LogP) is 3.05. The molecule has 0 aliphatic carbocycles. The van der Waals surface area contributed by atoms with Crippen LogP contribution in [0.25, 0.3) is 0 Å². The molecule has 0 aromatic heterocycles. The van der Waals surface area contributed by atoms with Crippen LogP contribution in [0.4, 0.5) is 0 Å². The molecule has 0 radical (unpaired) electrons. The van der Waals surface area contributed by atoms with Gasteiger partial charge in [0.25, 0.3) is 0 Å². The molecule has 1 N–H and O–H groups in total. The standard InChI is InChI=1S/C17H28N2O/c1-4-19-11-5-6-16(13-19)18-12-15-7-9-17(10-8-15)20-14(2)3/h7-10,14,16,18H,4-6,11-13H2,1-3H3. The summed E-state index contributed by atoms with van der Waals surface area (Å²) in [4.78, 5) is 2.53. The van der Waals surface area contributed by atoms with Crippen molar-refractivity contribution in [2.75, 3.05) is 19.6 Å². The Bertz CT molecular complexity index is 388. The van der Waals surface area contributed by atoms with Gasteiger partial charge in [0, 0.05) is 19.1 Å². The van der Waals surface area contributed by atoms with Crippen LogP contribution in [0, 0.1) is 0 Å². The topological polar surface area (TPSA) is 24.5 Å². The smallest absolute Gasteiger partial charge is 0.119 e. The van der Waals surface area contributed by atoms with Crippen LogP contribution in [0.5, 0.6) is 5.75 Å².